The predicted molar refractivity (Wildman–Crippen MR) is 76.4 cm³/mol. The molecule has 0 saturated heterocycles. The lowest BCUT2D eigenvalue weighted by molar-refractivity contribution is -0.137. The first-order valence-corrected chi connectivity index (χ1v) is 6.28. The van der Waals surface area contributed by atoms with Crippen LogP contribution in [0.15, 0.2) is 54.6 Å². The van der Waals surface area contributed by atoms with Gasteiger partial charge in [-0.25, -0.2) is 0 Å². The minimum Gasteiger partial charge on any atom is -0.480 e. The quantitative estimate of drug-likeness (QED) is 0.862. The fourth-order valence-electron chi connectivity index (χ4n) is 1.93. The van der Waals surface area contributed by atoms with Gasteiger partial charge in [-0.3, -0.25) is 4.79 Å². The van der Waals surface area contributed by atoms with Gasteiger partial charge in [-0.1, -0.05) is 48.5 Å². The van der Waals surface area contributed by atoms with E-state index in [0.29, 0.717) is 0 Å². The molecule has 0 spiro atoms. The fourth-order valence-corrected chi connectivity index (χ4v) is 1.93. The molecule has 1 atom stereocenters. The maximum Gasteiger partial charge on any atom is 0.325 e. The van der Waals surface area contributed by atoms with E-state index in [9.17, 15) is 4.79 Å². The summed E-state index contributed by atoms with van der Waals surface area (Å²) >= 11 is 0. The normalized spacial score (nSPS) is 11.8. The Balaban J connectivity index is 2.19. The Morgan fingerprint density at radius 1 is 1.11 bits per heavy atom. The molecule has 0 aromatic heterocycles. The number of hydrogen-bond donors (Lipinski definition) is 2. The summed E-state index contributed by atoms with van der Waals surface area (Å²) in [6.45, 7) is 1.64. The fraction of sp³-hybridized carbons (Fsp3) is 0.188. The molecule has 0 saturated carbocycles. The van der Waals surface area contributed by atoms with Crippen molar-refractivity contribution in [3.05, 3.63) is 65.7 Å². The molecule has 2 N–H and O–H groups in total. The van der Waals surface area contributed by atoms with E-state index in [-0.39, 0.29) is 0 Å². The van der Waals surface area contributed by atoms with Crippen LogP contribution in [-0.2, 0) is 11.2 Å². The van der Waals surface area contributed by atoms with Crippen LogP contribution in [0, 0.1) is 0 Å². The van der Waals surface area contributed by atoms with Gasteiger partial charge in [0.1, 0.15) is 6.04 Å². The van der Waals surface area contributed by atoms with Crippen molar-refractivity contribution in [2.24, 2.45) is 0 Å². The van der Waals surface area contributed by atoms with Gasteiger partial charge in [-0.2, -0.15) is 0 Å². The number of carboxylic acid groups (broad SMARTS) is 1. The highest BCUT2D eigenvalue weighted by atomic mass is 16.4. The Hall–Kier alpha value is -2.29. The van der Waals surface area contributed by atoms with Crippen molar-refractivity contribution in [1.29, 1.82) is 0 Å². The molecule has 2 rings (SSSR count). The van der Waals surface area contributed by atoms with Crippen molar-refractivity contribution in [1.82, 2.24) is 0 Å². The van der Waals surface area contributed by atoms with Crippen molar-refractivity contribution in [3.63, 3.8) is 0 Å². The van der Waals surface area contributed by atoms with Crippen LogP contribution in [0.2, 0.25) is 0 Å². The highest BCUT2D eigenvalue weighted by molar-refractivity contribution is 5.77. The predicted octanol–water partition coefficient (Wildman–Crippen LogP) is 3.16. The van der Waals surface area contributed by atoms with E-state index < -0.39 is 12.0 Å². The third-order valence-corrected chi connectivity index (χ3v) is 3.00. The van der Waals surface area contributed by atoms with Crippen LogP contribution >= 0.6 is 0 Å². The van der Waals surface area contributed by atoms with E-state index in [2.05, 4.69) is 17.4 Å². The Morgan fingerprint density at radius 2 is 1.74 bits per heavy atom. The molecule has 3 heteroatoms. The number of anilines is 1. The van der Waals surface area contributed by atoms with E-state index in [1.54, 1.807) is 6.92 Å². The molecule has 19 heavy (non-hydrogen) atoms. The van der Waals surface area contributed by atoms with E-state index in [0.717, 1.165) is 17.7 Å². The zero-order chi connectivity index (χ0) is 13.7. The second-order valence-electron chi connectivity index (χ2n) is 4.52. The number of nitrogens with one attached hydrogen (secondary N) is 1. The number of rotatable bonds is 5. The van der Waals surface area contributed by atoms with E-state index in [1.165, 1.54) is 5.56 Å². The summed E-state index contributed by atoms with van der Waals surface area (Å²) in [4.78, 5) is 10.9. The largest absolute Gasteiger partial charge is 0.480 e. The van der Waals surface area contributed by atoms with Gasteiger partial charge in [-0.05, 0) is 30.5 Å². The summed E-state index contributed by atoms with van der Waals surface area (Å²) in [7, 11) is 0. The molecular weight excluding hydrogens is 238 g/mol. The zero-order valence-corrected chi connectivity index (χ0v) is 10.8. The van der Waals surface area contributed by atoms with Gasteiger partial charge in [0.2, 0.25) is 0 Å². The molecule has 0 aliphatic rings. The van der Waals surface area contributed by atoms with Crippen molar-refractivity contribution >= 4 is 11.7 Å². The third-order valence-electron chi connectivity index (χ3n) is 3.00. The molecule has 0 amide bonds. The minimum atomic E-state index is -0.852. The highest BCUT2D eigenvalue weighted by Crippen LogP contribution is 2.19. The average molecular weight is 255 g/mol. The zero-order valence-electron chi connectivity index (χ0n) is 10.8. The van der Waals surface area contributed by atoms with Crippen molar-refractivity contribution < 1.29 is 9.90 Å². The molecule has 0 bridgehead atoms. The maximum atomic E-state index is 10.9. The van der Waals surface area contributed by atoms with Crippen molar-refractivity contribution in [2.75, 3.05) is 5.32 Å². The molecule has 98 valence electrons. The molecule has 0 aliphatic heterocycles. The van der Waals surface area contributed by atoms with Gasteiger partial charge < -0.3 is 10.4 Å². The highest BCUT2D eigenvalue weighted by Gasteiger charge is 2.12. The number of carbonyl (C=O) groups is 1. The van der Waals surface area contributed by atoms with Gasteiger partial charge in [0, 0.05) is 5.69 Å². The lowest BCUT2D eigenvalue weighted by Crippen LogP contribution is -2.25. The average Bonchev–Trinajstić information content (AvgIpc) is 2.42. The van der Waals surface area contributed by atoms with Crippen LogP contribution < -0.4 is 5.32 Å². The number of aliphatic carboxylic acids is 1. The first-order chi connectivity index (χ1) is 9.16. The van der Waals surface area contributed by atoms with Crippen LogP contribution in [0.1, 0.15) is 18.1 Å². The molecule has 2 aromatic carbocycles. The third kappa shape index (κ3) is 3.58. The molecule has 0 aliphatic carbocycles. The standard InChI is InChI=1S/C16H17NO2/c1-12(16(18)19)17-15-10-6-5-9-14(15)11-13-7-3-2-4-8-13/h2-10,12,17H,11H2,1H3,(H,18,19). The number of hydrogen-bond acceptors (Lipinski definition) is 2. The van der Waals surface area contributed by atoms with E-state index in [1.807, 2.05) is 42.5 Å². The molecule has 0 radical (unpaired) electrons. The van der Waals surface area contributed by atoms with Crippen molar-refractivity contribution in [3.8, 4) is 0 Å². The van der Waals surface area contributed by atoms with E-state index in [4.69, 9.17) is 5.11 Å². The maximum absolute atomic E-state index is 10.9. The lowest BCUT2D eigenvalue weighted by atomic mass is 10.0. The second kappa shape index (κ2) is 6.05. The number of benzene rings is 2. The van der Waals surface area contributed by atoms with Crippen LogP contribution in [0.4, 0.5) is 5.69 Å². The van der Waals surface area contributed by atoms with Gasteiger partial charge in [0.05, 0.1) is 0 Å². The Bertz CT molecular complexity index is 552. The van der Waals surface area contributed by atoms with Gasteiger partial charge in [0.25, 0.3) is 0 Å². The number of carboxylic acids is 1. The Labute approximate surface area is 112 Å². The topological polar surface area (TPSA) is 49.3 Å². The monoisotopic (exact) mass is 255 g/mol. The summed E-state index contributed by atoms with van der Waals surface area (Å²) in [6, 6.07) is 17.3. The summed E-state index contributed by atoms with van der Waals surface area (Å²) < 4.78 is 0. The Kier molecular flexibility index (Phi) is 4.18. The second-order valence-corrected chi connectivity index (χ2v) is 4.52. The molecule has 0 fully saturated rings. The molecular formula is C16H17NO2. The summed E-state index contributed by atoms with van der Waals surface area (Å²) in [5, 5.41) is 12.0. The number of para-hydroxylation sites is 1. The summed E-state index contributed by atoms with van der Waals surface area (Å²) in [5.41, 5.74) is 3.18. The molecule has 2 aromatic rings. The molecule has 1 unspecified atom stereocenters. The van der Waals surface area contributed by atoms with Crippen LogP contribution in [0.5, 0.6) is 0 Å². The minimum absolute atomic E-state index is 0.600. The Morgan fingerprint density at radius 3 is 2.42 bits per heavy atom. The van der Waals surface area contributed by atoms with Crippen LogP contribution in [0.25, 0.3) is 0 Å². The lowest BCUT2D eigenvalue weighted by Gasteiger charge is -2.15. The van der Waals surface area contributed by atoms with Gasteiger partial charge >= 0.3 is 5.97 Å². The first-order valence-electron chi connectivity index (χ1n) is 6.28. The summed E-state index contributed by atoms with van der Waals surface area (Å²) in [6.07, 6.45) is 0.788. The summed E-state index contributed by atoms with van der Waals surface area (Å²) in [5.74, 6) is -0.852. The van der Waals surface area contributed by atoms with Gasteiger partial charge in [-0.15, -0.1) is 0 Å². The van der Waals surface area contributed by atoms with E-state index >= 15 is 0 Å². The SMILES string of the molecule is CC(Nc1ccccc1Cc1ccccc1)C(=O)O. The van der Waals surface area contributed by atoms with Gasteiger partial charge in [0.15, 0.2) is 0 Å². The van der Waals surface area contributed by atoms with Crippen LogP contribution in [0.3, 0.4) is 0 Å². The smallest absolute Gasteiger partial charge is 0.325 e. The molecule has 0 heterocycles. The van der Waals surface area contributed by atoms with Crippen LogP contribution in [-0.4, -0.2) is 17.1 Å². The van der Waals surface area contributed by atoms with Crippen molar-refractivity contribution in [2.45, 2.75) is 19.4 Å². The molecule has 3 nitrogen and oxygen atoms in total. The first kappa shape index (κ1) is 13.1.